The molecule has 0 spiro atoms. The molecule has 0 aliphatic rings. The summed E-state index contributed by atoms with van der Waals surface area (Å²) >= 11 is 0. The van der Waals surface area contributed by atoms with Gasteiger partial charge in [-0.05, 0) is 58.2 Å². The molecule has 0 bridgehead atoms. The minimum absolute atomic E-state index is 0.114. The molecule has 0 aliphatic heterocycles. The summed E-state index contributed by atoms with van der Waals surface area (Å²) in [5.74, 6) is 0.224. The molecule has 0 amide bonds. The van der Waals surface area contributed by atoms with Crippen LogP contribution in [-0.4, -0.2) is 37.7 Å². The van der Waals surface area contributed by atoms with Gasteiger partial charge in [-0.15, -0.1) is 0 Å². The highest BCUT2D eigenvalue weighted by Gasteiger charge is 2.26. The molecule has 7 nitrogen and oxygen atoms in total. The third-order valence-corrected chi connectivity index (χ3v) is 5.72. The number of benzene rings is 1. The number of hydrogen-bond donors (Lipinski definition) is 0. The maximum Gasteiger partial charge on any atom is 0.331 e. The van der Waals surface area contributed by atoms with Crippen LogP contribution in [0.15, 0.2) is 24.3 Å². The molecule has 28 heavy (non-hydrogen) atoms. The summed E-state index contributed by atoms with van der Waals surface area (Å²) < 4.78 is 39.6. The average molecular weight is 416 g/mol. The third kappa shape index (κ3) is 11.4. The highest BCUT2D eigenvalue weighted by molar-refractivity contribution is 7.53. The fourth-order valence-electron chi connectivity index (χ4n) is 2.38. The van der Waals surface area contributed by atoms with Crippen LogP contribution in [0.2, 0.25) is 0 Å². The Kier molecular flexibility index (Phi) is 11.4. The summed E-state index contributed by atoms with van der Waals surface area (Å²) in [7, 11) is -3.07. The Balaban J connectivity index is 2.31. The van der Waals surface area contributed by atoms with Crippen LogP contribution in [0.3, 0.4) is 0 Å². The van der Waals surface area contributed by atoms with Gasteiger partial charge < -0.3 is 23.3 Å². The van der Waals surface area contributed by atoms with E-state index in [1.807, 2.05) is 45.9 Å². The predicted molar refractivity (Wildman–Crippen MR) is 108 cm³/mol. The Labute approximate surface area is 168 Å². The Morgan fingerprint density at radius 3 is 2.36 bits per heavy atom. The average Bonchev–Trinajstić information content (AvgIpc) is 2.56. The lowest BCUT2D eigenvalue weighted by Crippen LogP contribution is -2.10. The smallest absolute Gasteiger partial charge is 0.331 e. The zero-order valence-electron chi connectivity index (χ0n) is 17.5. The maximum absolute atomic E-state index is 12.7. The Morgan fingerprint density at radius 2 is 1.75 bits per heavy atom. The molecule has 0 radical (unpaired) electrons. The summed E-state index contributed by atoms with van der Waals surface area (Å²) in [6.07, 6.45) is 1.55. The van der Waals surface area contributed by atoms with Crippen molar-refractivity contribution in [3.8, 4) is 5.75 Å². The van der Waals surface area contributed by atoms with Crippen LogP contribution >= 0.6 is 7.60 Å². The topological polar surface area (TPSA) is 80.3 Å². The van der Waals surface area contributed by atoms with E-state index in [9.17, 15) is 9.36 Å². The second-order valence-corrected chi connectivity index (χ2v) is 9.04. The van der Waals surface area contributed by atoms with Gasteiger partial charge in [0.25, 0.3) is 0 Å². The van der Waals surface area contributed by atoms with Crippen LogP contribution in [0, 0.1) is 0 Å². The molecule has 1 rings (SSSR count). The maximum atomic E-state index is 12.7. The van der Waals surface area contributed by atoms with Crippen molar-refractivity contribution in [2.45, 2.75) is 66.3 Å². The Morgan fingerprint density at radius 1 is 1.07 bits per heavy atom. The summed E-state index contributed by atoms with van der Waals surface area (Å²) in [6, 6.07) is 7.41. The largest absolute Gasteiger partial charge is 0.457 e. The molecule has 1 aromatic rings. The second kappa shape index (κ2) is 12.9. The van der Waals surface area contributed by atoms with Gasteiger partial charge in [0.1, 0.15) is 5.75 Å². The first-order chi connectivity index (χ1) is 13.2. The van der Waals surface area contributed by atoms with Gasteiger partial charge in [0.15, 0.2) is 0 Å². The molecule has 160 valence electrons. The van der Waals surface area contributed by atoms with Gasteiger partial charge >= 0.3 is 13.6 Å². The second-order valence-electron chi connectivity index (χ2n) is 6.95. The highest BCUT2D eigenvalue weighted by Crippen LogP contribution is 2.51. The van der Waals surface area contributed by atoms with Gasteiger partial charge in [0.2, 0.25) is 6.79 Å². The predicted octanol–water partition coefficient (Wildman–Crippen LogP) is 4.93. The van der Waals surface area contributed by atoms with Crippen molar-refractivity contribution in [3.63, 3.8) is 0 Å². The number of unbranched alkanes of at least 4 members (excludes halogenated alkanes) is 1. The molecule has 0 heterocycles. The molecule has 0 saturated carbocycles. The van der Waals surface area contributed by atoms with Crippen molar-refractivity contribution < 1.29 is 32.6 Å². The fourth-order valence-corrected chi connectivity index (χ4v) is 4.53. The molecule has 0 unspecified atom stereocenters. The van der Waals surface area contributed by atoms with Crippen LogP contribution in [0.1, 0.15) is 53.0 Å². The van der Waals surface area contributed by atoms with Gasteiger partial charge in [0, 0.05) is 13.5 Å². The van der Waals surface area contributed by atoms with Crippen LogP contribution in [0.4, 0.5) is 0 Å². The molecular weight excluding hydrogens is 383 g/mol. The van der Waals surface area contributed by atoms with Gasteiger partial charge in [-0.25, -0.2) is 0 Å². The minimum atomic E-state index is -3.07. The van der Waals surface area contributed by atoms with E-state index >= 15 is 0 Å². The van der Waals surface area contributed by atoms with Gasteiger partial charge in [-0.1, -0.05) is 12.1 Å². The lowest BCUT2D eigenvalue weighted by molar-refractivity contribution is -0.147. The van der Waals surface area contributed by atoms with Crippen molar-refractivity contribution in [2.75, 3.05) is 19.6 Å². The molecule has 8 heteroatoms. The number of carbonyl (C=O) groups excluding carboxylic acids is 1. The van der Waals surface area contributed by atoms with E-state index in [-0.39, 0.29) is 25.0 Å². The molecule has 0 aromatic heterocycles. The first-order valence-electron chi connectivity index (χ1n) is 9.59. The van der Waals surface area contributed by atoms with E-state index in [2.05, 4.69) is 0 Å². The van der Waals surface area contributed by atoms with E-state index in [1.54, 1.807) is 6.07 Å². The normalized spacial score (nSPS) is 11.8. The number of ether oxygens (including phenoxy) is 3. The van der Waals surface area contributed by atoms with Crippen LogP contribution < -0.4 is 4.74 Å². The van der Waals surface area contributed by atoms with Crippen LogP contribution in [-0.2, 0) is 34.5 Å². The fraction of sp³-hybridized carbons (Fsp3) is 0.650. The first-order valence-corrected chi connectivity index (χ1v) is 11.3. The molecular formula is C20H33O7P. The molecule has 0 N–H and O–H groups in total. The third-order valence-electron chi connectivity index (χ3n) is 3.37. The van der Waals surface area contributed by atoms with Crippen molar-refractivity contribution in [2.24, 2.45) is 0 Å². The van der Waals surface area contributed by atoms with Crippen molar-refractivity contribution in [1.29, 1.82) is 0 Å². The summed E-state index contributed by atoms with van der Waals surface area (Å²) in [4.78, 5) is 10.7. The number of rotatable bonds is 14. The quantitative estimate of drug-likeness (QED) is 0.184. The zero-order valence-corrected chi connectivity index (χ0v) is 18.4. The van der Waals surface area contributed by atoms with E-state index in [0.717, 1.165) is 12.0 Å². The van der Waals surface area contributed by atoms with Crippen molar-refractivity contribution in [1.82, 2.24) is 0 Å². The highest BCUT2D eigenvalue weighted by atomic mass is 31.2. The van der Waals surface area contributed by atoms with E-state index in [4.69, 9.17) is 23.3 Å². The van der Waals surface area contributed by atoms with E-state index < -0.39 is 7.60 Å². The molecule has 0 atom stereocenters. The number of carbonyl (C=O) groups is 1. The Hall–Kier alpha value is -1.40. The van der Waals surface area contributed by atoms with Crippen molar-refractivity contribution in [3.05, 3.63) is 29.8 Å². The standard InChI is InChI=1S/C20H33O7P/c1-16(2)26-28(22,27-17(3)4)12-7-6-11-23-14-19-9-8-10-20(13-19)25-15-24-18(5)21/h8-10,13,16-17H,6-7,11-12,14-15H2,1-5H3. The SMILES string of the molecule is CC(=O)OCOc1cccc(COCCCCP(=O)(OC(C)C)OC(C)C)c1. The molecule has 1 aromatic carbocycles. The van der Waals surface area contributed by atoms with Crippen LogP contribution in [0.5, 0.6) is 5.75 Å². The number of esters is 1. The summed E-state index contributed by atoms with van der Waals surface area (Å²) in [5, 5.41) is 0. The molecule has 0 aliphatic carbocycles. The monoisotopic (exact) mass is 416 g/mol. The summed E-state index contributed by atoms with van der Waals surface area (Å²) in [5.41, 5.74) is 0.956. The van der Waals surface area contributed by atoms with E-state index in [1.165, 1.54) is 6.92 Å². The first kappa shape index (κ1) is 24.6. The van der Waals surface area contributed by atoms with Crippen LogP contribution in [0.25, 0.3) is 0 Å². The van der Waals surface area contributed by atoms with Gasteiger partial charge in [-0.3, -0.25) is 9.36 Å². The van der Waals surface area contributed by atoms with Gasteiger partial charge in [0.05, 0.1) is 25.0 Å². The zero-order chi connectivity index (χ0) is 21.0. The van der Waals surface area contributed by atoms with Gasteiger partial charge in [-0.2, -0.15) is 0 Å². The van der Waals surface area contributed by atoms with E-state index in [0.29, 0.717) is 31.5 Å². The van der Waals surface area contributed by atoms with Crippen molar-refractivity contribution >= 4 is 13.6 Å². The minimum Gasteiger partial charge on any atom is -0.457 e. The lowest BCUT2D eigenvalue weighted by Gasteiger charge is -2.22. The molecule has 0 fully saturated rings. The summed E-state index contributed by atoms with van der Waals surface area (Å²) in [6.45, 7) is 9.60. The molecule has 0 saturated heterocycles. The lowest BCUT2D eigenvalue weighted by atomic mass is 10.2. The number of hydrogen-bond acceptors (Lipinski definition) is 7. The Bertz CT molecular complexity index is 617.